The monoisotopic (exact) mass is 357 g/mol. The first-order valence-electron chi connectivity index (χ1n) is 7.46. The normalized spacial score (nSPS) is 10.4. The van der Waals surface area contributed by atoms with E-state index in [0.717, 1.165) is 10.2 Å². The van der Waals surface area contributed by atoms with E-state index in [0.29, 0.717) is 16.6 Å². The van der Waals surface area contributed by atoms with Crippen molar-refractivity contribution in [2.45, 2.75) is 13.5 Å². The number of thiazole rings is 1. The number of fused-ring (bicyclic) bond motifs is 1. The fourth-order valence-electron chi connectivity index (χ4n) is 1.99. The van der Waals surface area contributed by atoms with Gasteiger partial charge in [0.2, 0.25) is 0 Å². The number of esters is 1. The van der Waals surface area contributed by atoms with Crippen LogP contribution in [0.4, 0.5) is 5.13 Å². The summed E-state index contributed by atoms with van der Waals surface area (Å²) >= 11 is 1.40. The second-order valence-corrected chi connectivity index (χ2v) is 6.12. The lowest BCUT2D eigenvalue weighted by Crippen LogP contribution is -2.20. The van der Waals surface area contributed by atoms with E-state index in [9.17, 15) is 9.59 Å². The van der Waals surface area contributed by atoms with Gasteiger partial charge >= 0.3 is 5.97 Å². The number of hydrogen-bond acceptors (Lipinski definition) is 7. The van der Waals surface area contributed by atoms with Gasteiger partial charge in [0.1, 0.15) is 12.4 Å². The Balaban J connectivity index is 1.50. The zero-order valence-corrected chi connectivity index (χ0v) is 14.2. The molecule has 0 radical (unpaired) electrons. The first-order valence-corrected chi connectivity index (χ1v) is 8.28. The molecule has 0 aliphatic rings. The summed E-state index contributed by atoms with van der Waals surface area (Å²) in [4.78, 5) is 31.1. The Bertz CT molecular complexity index is 859. The van der Waals surface area contributed by atoms with Crippen molar-refractivity contribution >= 4 is 38.6 Å². The maximum absolute atomic E-state index is 12.0. The molecule has 0 saturated heterocycles. The molecule has 0 unspecified atom stereocenters. The fourth-order valence-corrected chi connectivity index (χ4v) is 2.87. The maximum Gasteiger partial charge on any atom is 0.303 e. The van der Waals surface area contributed by atoms with Crippen molar-refractivity contribution in [1.82, 2.24) is 9.97 Å². The maximum atomic E-state index is 12.0. The quantitative estimate of drug-likeness (QED) is 0.682. The predicted molar refractivity (Wildman–Crippen MR) is 93.5 cm³/mol. The van der Waals surface area contributed by atoms with Gasteiger partial charge in [-0.1, -0.05) is 23.5 Å². The molecule has 3 aromatic rings. The number of carbonyl (C=O) groups excluding carboxylic acids is 2. The van der Waals surface area contributed by atoms with Crippen LogP contribution in [0.5, 0.6) is 5.75 Å². The topological polar surface area (TPSA) is 90.4 Å². The summed E-state index contributed by atoms with van der Waals surface area (Å²) in [6, 6.07) is 11.0. The molecule has 3 rings (SSSR count). The number of pyridine rings is 1. The van der Waals surface area contributed by atoms with E-state index in [2.05, 4.69) is 15.3 Å². The number of para-hydroxylation sites is 1. The molecule has 7 nitrogen and oxygen atoms in total. The zero-order valence-electron chi connectivity index (χ0n) is 13.4. The van der Waals surface area contributed by atoms with Gasteiger partial charge in [0.15, 0.2) is 11.7 Å². The Morgan fingerprint density at radius 3 is 2.76 bits per heavy atom. The van der Waals surface area contributed by atoms with E-state index in [-0.39, 0.29) is 25.1 Å². The Morgan fingerprint density at radius 1 is 1.20 bits per heavy atom. The molecule has 1 aromatic carbocycles. The number of nitrogens with zero attached hydrogens (tertiary/aromatic N) is 2. The van der Waals surface area contributed by atoms with Gasteiger partial charge in [-0.15, -0.1) is 0 Å². The van der Waals surface area contributed by atoms with Crippen LogP contribution in [0.1, 0.15) is 12.6 Å². The van der Waals surface area contributed by atoms with Crippen molar-refractivity contribution in [2.75, 3.05) is 11.9 Å². The highest BCUT2D eigenvalue weighted by molar-refractivity contribution is 7.22. The summed E-state index contributed by atoms with van der Waals surface area (Å²) in [6.07, 6.45) is 1.48. The molecule has 0 bridgehead atoms. The second kappa shape index (κ2) is 7.71. The minimum absolute atomic E-state index is 0.105. The summed E-state index contributed by atoms with van der Waals surface area (Å²) in [5.74, 6) is -0.220. The predicted octanol–water partition coefficient (Wildman–Crippen LogP) is 2.77. The van der Waals surface area contributed by atoms with Crippen molar-refractivity contribution in [3.05, 3.63) is 48.3 Å². The van der Waals surface area contributed by atoms with Crippen molar-refractivity contribution < 1.29 is 19.1 Å². The number of benzene rings is 1. The number of hydrogen-bond donors (Lipinski definition) is 1. The standard InChI is InChI=1S/C17H15N3O4S/c1-11(21)23-9-12-6-7-13(8-18-12)24-10-16(22)20-17-19-14-4-2-3-5-15(14)25-17/h2-8H,9-10H2,1H3,(H,19,20,22). The number of ether oxygens (including phenoxy) is 2. The van der Waals surface area contributed by atoms with Crippen LogP contribution in [0.3, 0.4) is 0 Å². The molecule has 8 heteroatoms. The first kappa shape index (κ1) is 16.8. The molecule has 128 valence electrons. The van der Waals surface area contributed by atoms with Gasteiger partial charge in [0, 0.05) is 6.92 Å². The average Bonchev–Trinajstić information content (AvgIpc) is 3.01. The molecule has 0 saturated carbocycles. The van der Waals surface area contributed by atoms with Crippen molar-refractivity contribution in [2.24, 2.45) is 0 Å². The van der Waals surface area contributed by atoms with Crippen LogP contribution in [0.2, 0.25) is 0 Å². The molecule has 1 amide bonds. The van der Waals surface area contributed by atoms with E-state index < -0.39 is 0 Å². The van der Waals surface area contributed by atoms with E-state index in [1.807, 2.05) is 24.3 Å². The van der Waals surface area contributed by atoms with Gasteiger partial charge in [-0.25, -0.2) is 4.98 Å². The minimum atomic E-state index is -0.367. The third kappa shape index (κ3) is 4.74. The van der Waals surface area contributed by atoms with Crippen LogP contribution in [-0.4, -0.2) is 28.5 Å². The van der Waals surface area contributed by atoms with Crippen LogP contribution in [0.15, 0.2) is 42.6 Å². The molecule has 0 spiro atoms. The number of carbonyl (C=O) groups is 2. The van der Waals surface area contributed by atoms with Crippen molar-refractivity contribution in [1.29, 1.82) is 0 Å². The van der Waals surface area contributed by atoms with E-state index in [4.69, 9.17) is 9.47 Å². The second-order valence-electron chi connectivity index (χ2n) is 5.09. The Morgan fingerprint density at radius 2 is 2.04 bits per heavy atom. The van der Waals surface area contributed by atoms with Crippen LogP contribution in [-0.2, 0) is 20.9 Å². The molecule has 0 fully saturated rings. The Labute approximate surface area is 147 Å². The lowest BCUT2D eigenvalue weighted by Gasteiger charge is -2.06. The van der Waals surface area contributed by atoms with Gasteiger partial charge in [0.05, 0.1) is 22.1 Å². The average molecular weight is 357 g/mol. The molecule has 0 aliphatic carbocycles. The Hall–Kier alpha value is -3.00. The minimum Gasteiger partial charge on any atom is -0.482 e. The van der Waals surface area contributed by atoms with Crippen LogP contribution >= 0.6 is 11.3 Å². The molecular formula is C17H15N3O4S. The third-order valence-electron chi connectivity index (χ3n) is 3.13. The summed E-state index contributed by atoms with van der Waals surface area (Å²) in [6.45, 7) is 1.29. The van der Waals surface area contributed by atoms with Crippen molar-refractivity contribution in [3.63, 3.8) is 0 Å². The molecule has 0 atom stereocenters. The van der Waals surface area contributed by atoms with E-state index in [1.165, 1.54) is 24.5 Å². The largest absolute Gasteiger partial charge is 0.482 e. The lowest BCUT2D eigenvalue weighted by atomic mass is 10.3. The smallest absolute Gasteiger partial charge is 0.303 e. The van der Waals surface area contributed by atoms with Gasteiger partial charge in [-0.05, 0) is 24.3 Å². The first-order chi connectivity index (χ1) is 12.1. The van der Waals surface area contributed by atoms with Gasteiger partial charge in [0.25, 0.3) is 5.91 Å². The van der Waals surface area contributed by atoms with Gasteiger partial charge < -0.3 is 9.47 Å². The summed E-state index contributed by atoms with van der Waals surface area (Å²) in [7, 11) is 0. The number of aromatic nitrogens is 2. The van der Waals surface area contributed by atoms with E-state index >= 15 is 0 Å². The summed E-state index contributed by atoms with van der Waals surface area (Å²) in [5, 5.41) is 3.24. The van der Waals surface area contributed by atoms with Crippen LogP contribution in [0, 0.1) is 0 Å². The van der Waals surface area contributed by atoms with Gasteiger partial charge in [-0.3, -0.25) is 19.9 Å². The third-order valence-corrected chi connectivity index (χ3v) is 4.08. The molecule has 25 heavy (non-hydrogen) atoms. The molecule has 0 aliphatic heterocycles. The van der Waals surface area contributed by atoms with Gasteiger partial charge in [-0.2, -0.15) is 0 Å². The number of amides is 1. The highest BCUT2D eigenvalue weighted by Crippen LogP contribution is 2.25. The fraction of sp³-hybridized carbons (Fsp3) is 0.176. The zero-order chi connectivity index (χ0) is 17.6. The molecule has 2 heterocycles. The summed E-state index contributed by atoms with van der Waals surface area (Å²) in [5.41, 5.74) is 1.44. The number of anilines is 1. The van der Waals surface area contributed by atoms with E-state index in [1.54, 1.807) is 12.1 Å². The molecule has 2 aromatic heterocycles. The molecular weight excluding hydrogens is 342 g/mol. The number of rotatable bonds is 6. The Kier molecular flexibility index (Phi) is 5.20. The lowest BCUT2D eigenvalue weighted by molar-refractivity contribution is -0.142. The summed E-state index contributed by atoms with van der Waals surface area (Å²) < 4.78 is 11.2. The highest BCUT2D eigenvalue weighted by Gasteiger charge is 2.08. The molecule has 1 N–H and O–H groups in total. The van der Waals surface area contributed by atoms with Crippen molar-refractivity contribution in [3.8, 4) is 5.75 Å². The SMILES string of the molecule is CC(=O)OCc1ccc(OCC(=O)Nc2nc3ccccc3s2)cn1. The number of nitrogens with one attached hydrogen (secondary N) is 1. The van der Waals surface area contributed by atoms with Crippen LogP contribution < -0.4 is 10.1 Å². The van der Waals surface area contributed by atoms with Crippen LogP contribution in [0.25, 0.3) is 10.2 Å². The highest BCUT2D eigenvalue weighted by atomic mass is 32.1.